The van der Waals surface area contributed by atoms with Crippen molar-refractivity contribution < 1.29 is 19.1 Å². The Kier molecular flexibility index (Phi) is 9.26. The zero-order valence-electron chi connectivity index (χ0n) is 29.2. The van der Waals surface area contributed by atoms with E-state index < -0.39 is 23.4 Å². The van der Waals surface area contributed by atoms with Gasteiger partial charge in [0.05, 0.1) is 23.5 Å². The van der Waals surface area contributed by atoms with Crippen LogP contribution in [0.5, 0.6) is 0 Å². The van der Waals surface area contributed by atoms with Gasteiger partial charge in [0, 0.05) is 23.5 Å². The molecule has 0 saturated heterocycles. The van der Waals surface area contributed by atoms with Gasteiger partial charge in [-0.15, -0.1) is 0 Å². The molecule has 2 aromatic heterocycles. The van der Waals surface area contributed by atoms with Gasteiger partial charge in [0.2, 0.25) is 0 Å². The summed E-state index contributed by atoms with van der Waals surface area (Å²) in [5.74, 6) is 1.59. The van der Waals surface area contributed by atoms with Crippen LogP contribution in [0, 0.1) is 11.8 Å². The van der Waals surface area contributed by atoms with Crippen molar-refractivity contribution >= 4 is 12.2 Å². The molecule has 0 unspecified atom stereocenters. The van der Waals surface area contributed by atoms with Crippen LogP contribution in [0.4, 0.5) is 9.59 Å². The number of imidazole rings is 2. The van der Waals surface area contributed by atoms with Crippen LogP contribution in [0.3, 0.4) is 0 Å². The highest BCUT2D eigenvalue weighted by molar-refractivity contribution is 5.82. The number of hydrogen-bond acceptors (Lipinski definition) is 6. The summed E-state index contributed by atoms with van der Waals surface area (Å²) >= 11 is 0. The van der Waals surface area contributed by atoms with E-state index in [0.29, 0.717) is 11.6 Å². The Morgan fingerprint density at radius 1 is 0.681 bits per heavy atom. The molecule has 4 aromatic rings. The number of aromatic nitrogens is 4. The van der Waals surface area contributed by atoms with E-state index >= 15 is 0 Å². The number of benzene rings is 2. The molecule has 0 aliphatic heterocycles. The summed E-state index contributed by atoms with van der Waals surface area (Å²) in [5.41, 5.74) is 7.37. The van der Waals surface area contributed by atoms with Crippen LogP contribution in [-0.4, -0.2) is 43.3 Å². The fourth-order valence-electron chi connectivity index (χ4n) is 5.79. The molecule has 0 bridgehead atoms. The van der Waals surface area contributed by atoms with E-state index in [1.54, 1.807) is 0 Å². The van der Waals surface area contributed by atoms with Crippen LogP contribution in [0.1, 0.15) is 104 Å². The van der Waals surface area contributed by atoms with Crippen LogP contribution in [0.2, 0.25) is 0 Å². The lowest BCUT2D eigenvalue weighted by Crippen LogP contribution is -2.37. The summed E-state index contributed by atoms with van der Waals surface area (Å²) in [6, 6.07) is 12.3. The lowest BCUT2D eigenvalue weighted by Gasteiger charge is -2.24. The number of rotatable bonds is 8. The van der Waals surface area contributed by atoms with E-state index in [2.05, 4.69) is 57.0 Å². The summed E-state index contributed by atoms with van der Waals surface area (Å²) in [5, 5.41) is 5.94. The molecule has 250 valence electrons. The van der Waals surface area contributed by atoms with Crippen molar-refractivity contribution in [2.45, 2.75) is 98.9 Å². The molecular weight excluding hydrogens is 592 g/mol. The number of ether oxygens (including phenoxy) is 2. The minimum Gasteiger partial charge on any atom is -0.444 e. The number of carbonyl (C=O) groups excluding carboxylic acids is 2. The molecular formula is C37H48N6O4. The molecule has 10 heteroatoms. The predicted octanol–water partition coefficient (Wildman–Crippen LogP) is 8.48. The van der Waals surface area contributed by atoms with E-state index in [1.807, 2.05) is 81.6 Å². The molecule has 1 aliphatic carbocycles. The molecule has 2 aromatic carbocycles. The number of hydrogen-bond donors (Lipinski definition) is 4. The quantitative estimate of drug-likeness (QED) is 0.134. The maximum atomic E-state index is 12.5. The van der Waals surface area contributed by atoms with Gasteiger partial charge >= 0.3 is 12.2 Å². The van der Waals surface area contributed by atoms with Gasteiger partial charge < -0.3 is 30.1 Å². The third kappa shape index (κ3) is 8.04. The molecule has 2 amide bonds. The summed E-state index contributed by atoms with van der Waals surface area (Å²) in [4.78, 5) is 41.3. The molecule has 2 heterocycles. The molecule has 4 N–H and O–H groups in total. The lowest BCUT2D eigenvalue weighted by molar-refractivity contribution is 0.0475. The highest BCUT2D eigenvalue weighted by atomic mass is 16.6. The number of H-pyrrole nitrogens is 2. The van der Waals surface area contributed by atoms with Gasteiger partial charge in [-0.1, -0.05) is 52.0 Å². The molecule has 0 radical (unpaired) electrons. The Hall–Kier alpha value is -4.60. The number of amides is 2. The maximum absolute atomic E-state index is 12.5. The largest absolute Gasteiger partial charge is 0.444 e. The molecule has 0 saturated carbocycles. The van der Waals surface area contributed by atoms with Crippen LogP contribution in [0.15, 0.2) is 48.8 Å². The van der Waals surface area contributed by atoms with E-state index in [4.69, 9.17) is 19.4 Å². The lowest BCUT2D eigenvalue weighted by atomic mass is 10.0. The molecule has 10 nitrogen and oxygen atoms in total. The first kappa shape index (κ1) is 33.8. The Morgan fingerprint density at radius 2 is 1.06 bits per heavy atom. The first-order valence-corrected chi connectivity index (χ1v) is 16.3. The van der Waals surface area contributed by atoms with Crippen LogP contribution in [0.25, 0.3) is 33.6 Å². The van der Waals surface area contributed by atoms with Gasteiger partial charge in [-0.25, -0.2) is 19.6 Å². The standard InChI is InChI=1S/C37H48N6O4/c1-20(2)30(42-34(44)46-36(5,6)7)32-38-18-28(40-32)22-11-13-26-24(15-22)17-25-16-23(12-14-27(25)26)29-19-39-33(41-29)31(21(3)4)43-35(45)47-37(8,9)10/h11-16,18-21,30-31H,17H2,1-10H3,(H,38,40)(H,39,41)(H,42,44)(H,43,45)/t30-,31-/m0/s1. The first-order chi connectivity index (χ1) is 22.0. The second-order valence-electron chi connectivity index (χ2n) is 15.0. The van der Waals surface area contributed by atoms with Crippen LogP contribution in [-0.2, 0) is 15.9 Å². The van der Waals surface area contributed by atoms with Crippen molar-refractivity contribution in [2.24, 2.45) is 11.8 Å². The Labute approximate surface area is 277 Å². The number of carbonyl (C=O) groups is 2. The monoisotopic (exact) mass is 640 g/mol. The van der Waals surface area contributed by atoms with E-state index in [9.17, 15) is 9.59 Å². The second kappa shape index (κ2) is 12.9. The van der Waals surface area contributed by atoms with Gasteiger partial charge in [0.25, 0.3) is 0 Å². The van der Waals surface area contributed by atoms with Crippen LogP contribution >= 0.6 is 0 Å². The summed E-state index contributed by atoms with van der Waals surface area (Å²) in [6.07, 6.45) is 3.64. The predicted molar refractivity (Wildman–Crippen MR) is 184 cm³/mol. The molecule has 5 rings (SSSR count). The van der Waals surface area contributed by atoms with Crippen molar-refractivity contribution in [2.75, 3.05) is 0 Å². The van der Waals surface area contributed by atoms with Gasteiger partial charge in [-0.3, -0.25) is 0 Å². The Morgan fingerprint density at radius 3 is 1.40 bits per heavy atom. The summed E-state index contributed by atoms with van der Waals surface area (Å²) in [7, 11) is 0. The number of alkyl carbamates (subject to hydrolysis) is 2. The third-order valence-electron chi connectivity index (χ3n) is 7.94. The average Bonchev–Trinajstić information content (AvgIpc) is 3.70. The zero-order chi connectivity index (χ0) is 34.3. The van der Waals surface area contributed by atoms with Gasteiger partial charge in [-0.2, -0.15) is 0 Å². The van der Waals surface area contributed by atoms with E-state index in [0.717, 1.165) is 28.9 Å². The Balaban J connectivity index is 1.32. The molecule has 2 atom stereocenters. The molecule has 0 spiro atoms. The van der Waals surface area contributed by atoms with E-state index in [-0.39, 0.29) is 23.9 Å². The molecule has 0 fully saturated rings. The minimum atomic E-state index is -0.582. The SMILES string of the molecule is CC(C)[C@H](NC(=O)OC(C)(C)C)c1nc(-c2ccc3c(c2)Cc2cc(-c4c[nH]c([C@@H](NC(=O)OC(C)(C)C)C(C)C)n4)ccc2-3)c[nH]1. The third-order valence-corrected chi connectivity index (χ3v) is 7.94. The highest BCUT2D eigenvalue weighted by Gasteiger charge is 2.27. The average molecular weight is 641 g/mol. The highest BCUT2D eigenvalue weighted by Crippen LogP contribution is 2.40. The van der Waals surface area contributed by atoms with Gasteiger partial charge in [-0.05, 0) is 94.2 Å². The number of fused-ring (bicyclic) bond motifs is 3. The molecule has 1 aliphatic rings. The van der Waals surface area contributed by atoms with Crippen molar-refractivity contribution in [1.82, 2.24) is 30.6 Å². The summed E-state index contributed by atoms with van der Waals surface area (Å²) in [6.45, 7) is 19.2. The van der Waals surface area contributed by atoms with Crippen molar-refractivity contribution in [3.8, 4) is 33.6 Å². The topological polar surface area (TPSA) is 134 Å². The normalized spacial score (nSPS) is 14.0. The van der Waals surface area contributed by atoms with Crippen molar-refractivity contribution in [3.63, 3.8) is 0 Å². The number of nitrogens with zero attached hydrogens (tertiary/aromatic N) is 2. The van der Waals surface area contributed by atoms with Gasteiger partial charge in [0.15, 0.2) is 0 Å². The number of nitrogens with one attached hydrogen (secondary N) is 4. The summed E-state index contributed by atoms with van der Waals surface area (Å²) < 4.78 is 11.0. The Bertz CT molecular complexity index is 1630. The van der Waals surface area contributed by atoms with Gasteiger partial charge in [0.1, 0.15) is 22.9 Å². The fourth-order valence-corrected chi connectivity index (χ4v) is 5.79. The number of aromatic amines is 2. The minimum absolute atomic E-state index is 0.105. The zero-order valence-corrected chi connectivity index (χ0v) is 29.2. The first-order valence-electron chi connectivity index (χ1n) is 16.3. The maximum Gasteiger partial charge on any atom is 0.408 e. The second-order valence-corrected chi connectivity index (χ2v) is 15.0. The van der Waals surface area contributed by atoms with Crippen molar-refractivity contribution in [1.29, 1.82) is 0 Å². The fraction of sp³-hybridized carbons (Fsp3) is 0.459. The smallest absolute Gasteiger partial charge is 0.408 e. The van der Waals surface area contributed by atoms with Crippen molar-refractivity contribution in [3.05, 3.63) is 71.6 Å². The van der Waals surface area contributed by atoms with E-state index in [1.165, 1.54) is 22.3 Å². The molecule has 47 heavy (non-hydrogen) atoms. The van der Waals surface area contributed by atoms with Crippen LogP contribution < -0.4 is 10.6 Å².